The Morgan fingerprint density at radius 2 is 0.723 bits per heavy atom. The summed E-state index contributed by atoms with van der Waals surface area (Å²) in [6, 6.07) is 34.3. The van der Waals surface area contributed by atoms with Crippen LogP contribution < -0.4 is 43.1 Å². The summed E-state index contributed by atoms with van der Waals surface area (Å²) in [5, 5.41) is 11.2. The average Bonchev–Trinajstić information content (AvgIpc) is 1.61. The van der Waals surface area contributed by atoms with E-state index >= 15 is 0 Å². The molecule has 3 atom stereocenters. The van der Waals surface area contributed by atoms with Gasteiger partial charge in [0.15, 0.2) is 34.5 Å². The number of aliphatic hydroxyl groups excluding tert-OH is 1. The molecule has 28 heteroatoms. The number of thiophene rings is 1. The number of hydrogen-bond acceptors (Lipinski definition) is 24. The molecule has 3 saturated heterocycles. The van der Waals surface area contributed by atoms with Crippen molar-refractivity contribution in [2.45, 2.75) is 88.6 Å². The van der Waals surface area contributed by atoms with Gasteiger partial charge in [0.1, 0.15) is 4.21 Å². The molecular weight excluding hydrogens is 1470 g/mol. The molecule has 0 spiro atoms. The fourth-order valence-electron chi connectivity index (χ4n) is 15.6. The van der Waals surface area contributed by atoms with Gasteiger partial charge in [-0.25, -0.2) is 0 Å². The van der Waals surface area contributed by atoms with Crippen molar-refractivity contribution in [1.82, 2.24) is 29.4 Å². The first-order chi connectivity index (χ1) is 54.3. The van der Waals surface area contributed by atoms with Crippen LogP contribution >= 0.6 is 11.3 Å². The van der Waals surface area contributed by atoms with Crippen molar-refractivity contribution in [2.75, 3.05) is 182 Å². The van der Waals surface area contributed by atoms with Gasteiger partial charge in [-0.1, -0.05) is 63.2 Å². The molecule has 0 saturated carbocycles. The second-order valence-electron chi connectivity index (χ2n) is 27.8. The lowest BCUT2D eigenvalue weighted by atomic mass is 9.99. The van der Waals surface area contributed by atoms with E-state index in [-0.39, 0.29) is 65.7 Å². The maximum absolute atomic E-state index is 14.1. The monoisotopic (exact) mass is 1580 g/mol. The van der Waals surface area contributed by atoms with E-state index in [0.717, 1.165) is 138 Å². The van der Waals surface area contributed by atoms with Crippen molar-refractivity contribution in [1.29, 1.82) is 0 Å². The van der Waals surface area contributed by atoms with Crippen LogP contribution in [-0.4, -0.2) is 246 Å². The van der Waals surface area contributed by atoms with Crippen molar-refractivity contribution >= 4 is 74.0 Å². The number of rotatable bonds is 32. The van der Waals surface area contributed by atoms with Gasteiger partial charge in [0.25, 0.3) is 35.4 Å². The number of likely N-dealkylation sites (N-methyl/N-ethyl adjacent to an activating group) is 3. The van der Waals surface area contributed by atoms with E-state index in [1.54, 1.807) is 88.4 Å². The van der Waals surface area contributed by atoms with E-state index in [2.05, 4.69) is 50.2 Å². The third-order valence-electron chi connectivity index (χ3n) is 21.8. The Morgan fingerprint density at radius 1 is 0.393 bits per heavy atom. The normalized spacial score (nSPS) is 16.8. The molecule has 26 nitrogen and oxygen atoms in total. The minimum Gasteiger partial charge on any atom is -0.493 e. The molecule has 7 heterocycles. The van der Waals surface area contributed by atoms with Gasteiger partial charge in [0, 0.05) is 98.4 Å². The summed E-state index contributed by atoms with van der Waals surface area (Å²) in [6.45, 7) is 22.8. The Balaban J connectivity index is 0.000000167. The Labute approximate surface area is 661 Å². The first-order valence-corrected chi connectivity index (χ1v) is 40.9. The van der Waals surface area contributed by atoms with Gasteiger partial charge in [-0.3, -0.25) is 47.7 Å². The summed E-state index contributed by atoms with van der Waals surface area (Å²) in [7, 11) is 5.46. The van der Waals surface area contributed by atoms with Crippen LogP contribution in [0.2, 0.25) is 0 Å². The van der Waals surface area contributed by atoms with Gasteiger partial charge in [-0.15, -0.1) is 11.3 Å². The number of ether oxygens (including phenoxy) is 7. The SMILES string of the molecule is CCN1CCN(c2cccc3c2C(=O)N([C@H](CCCO)c2ccc(OC)c(OC)c2)C3=O)CC1.CCN1CCN(c2cccc3c2C(=O)N([C@H](CCCOS(=O)(=O)c2cccs2)c2ccc(OC)c(OC)c2)C3=O)CC1.CCOCCC[C@H](c1ccc(OC)c(OC)c1)N1C(=O)c2cccc(N3CCN(CC)CC3)c2C1=O. The smallest absolute Gasteiger partial charge is 0.306 e. The zero-order valence-corrected chi connectivity index (χ0v) is 67.5. The quantitative estimate of drug-likeness (QED) is 0.0233. The highest BCUT2D eigenvalue weighted by atomic mass is 32.3. The van der Waals surface area contributed by atoms with Gasteiger partial charge in [0.2, 0.25) is 0 Å². The number of anilines is 3. The first-order valence-electron chi connectivity index (χ1n) is 38.6. The van der Waals surface area contributed by atoms with Gasteiger partial charge >= 0.3 is 10.1 Å². The van der Waals surface area contributed by atoms with Crippen LogP contribution in [0.15, 0.2) is 131 Å². The average molecular weight is 1580 g/mol. The van der Waals surface area contributed by atoms with Gasteiger partial charge in [-0.05, 0) is 166 Å². The van der Waals surface area contributed by atoms with Crippen molar-refractivity contribution in [2.24, 2.45) is 0 Å². The molecule has 6 aromatic carbocycles. The molecule has 6 aliphatic rings. The number of nitrogens with zero attached hydrogens (tertiary/aromatic N) is 9. The Kier molecular flexibility index (Phi) is 28.8. The standard InChI is InChI=1S/C30H35N3O7S2.C28H37N3O5.C26H33N3O5/c1-4-31-14-16-32(17-15-31)24-9-5-8-22-28(24)30(35)33(29(22)34)23(21-12-13-25(38-2)26(20-21)39-3)10-6-18-40-42(36,37)27-11-7-19-41-27;1-5-29-14-16-30(17-15-29)23-10-7-9-21-26(23)28(33)31(27(21)32)22(11-8-18-36-6-2)20-12-13-24(34-3)25(19-20)35-4;1-4-27-12-14-28(15-13-27)21-8-5-7-19-24(21)26(32)29(25(19)31)20(9-6-16-30)18-10-11-22(33-2)23(17-18)34-3/h5,7-9,11-13,19-20,23H,4,6,10,14-18H2,1-3H3;7,9-10,12-13,19,22H,5-6,8,11,14-18H2,1-4H3;5,7-8,10-11,17,20,30H,4,6,9,12-16H2,1-3H3/t23-;22-;20-/m111/s1. The second-order valence-corrected chi connectivity index (χ2v) is 30.5. The summed E-state index contributed by atoms with van der Waals surface area (Å²) in [6.07, 6.45) is 2.77. The summed E-state index contributed by atoms with van der Waals surface area (Å²) in [4.78, 5) is 101. The second kappa shape index (κ2) is 38.7. The Morgan fingerprint density at radius 3 is 1.02 bits per heavy atom. The van der Waals surface area contributed by atoms with Crippen LogP contribution in [0.4, 0.5) is 17.1 Å². The number of benzene rings is 6. The van der Waals surface area contributed by atoms with Crippen molar-refractivity contribution in [3.63, 3.8) is 0 Å². The molecule has 0 aliphatic carbocycles. The van der Waals surface area contributed by atoms with E-state index in [0.29, 0.717) is 112 Å². The molecule has 6 amide bonds. The Bertz CT molecular complexity index is 4560. The van der Waals surface area contributed by atoms with Gasteiger partial charge < -0.3 is 67.7 Å². The summed E-state index contributed by atoms with van der Waals surface area (Å²) in [5.41, 5.74) is 7.39. The lowest BCUT2D eigenvalue weighted by molar-refractivity contribution is 0.0546. The summed E-state index contributed by atoms with van der Waals surface area (Å²) in [5.74, 6) is 1.43. The number of piperazine rings is 3. The van der Waals surface area contributed by atoms with Gasteiger partial charge in [-0.2, -0.15) is 8.42 Å². The molecule has 1 aromatic heterocycles. The van der Waals surface area contributed by atoms with Crippen LogP contribution in [0.5, 0.6) is 34.5 Å². The van der Waals surface area contributed by atoms with E-state index in [9.17, 15) is 42.3 Å². The lowest BCUT2D eigenvalue weighted by Crippen LogP contribution is -2.46. The summed E-state index contributed by atoms with van der Waals surface area (Å²) >= 11 is 1.08. The first kappa shape index (κ1) is 83.3. The van der Waals surface area contributed by atoms with E-state index in [1.807, 2.05) is 67.6 Å². The van der Waals surface area contributed by atoms with Gasteiger partial charge in [0.05, 0.1) is 118 Å². The Hall–Kier alpha value is -9.65. The highest BCUT2D eigenvalue weighted by Gasteiger charge is 2.47. The van der Waals surface area contributed by atoms with Crippen LogP contribution in [0.3, 0.4) is 0 Å². The van der Waals surface area contributed by atoms with Crippen molar-refractivity contribution in [3.8, 4) is 34.5 Å². The molecular formula is C84H105N9O17S2. The molecule has 1 N–H and O–H groups in total. The van der Waals surface area contributed by atoms with Crippen molar-refractivity contribution < 1.29 is 79.6 Å². The van der Waals surface area contributed by atoms with Crippen LogP contribution in [0, 0.1) is 0 Å². The molecule has 0 unspecified atom stereocenters. The largest absolute Gasteiger partial charge is 0.493 e. The fourth-order valence-corrected chi connectivity index (χ4v) is 17.6. The number of carbonyl (C=O) groups is 6. The number of aliphatic hydroxyl groups is 1. The van der Waals surface area contributed by atoms with E-state index in [4.69, 9.17) is 37.3 Å². The molecule has 6 aliphatic heterocycles. The zero-order chi connectivity index (χ0) is 79.8. The number of methoxy groups -OCH3 is 6. The van der Waals surface area contributed by atoms with E-state index < -0.39 is 28.2 Å². The predicted octanol–water partition coefficient (Wildman–Crippen LogP) is 11.4. The maximum atomic E-state index is 14.1. The number of imide groups is 3. The van der Waals surface area contributed by atoms with Crippen LogP contribution in [-0.2, 0) is 19.0 Å². The third-order valence-corrected chi connectivity index (χ3v) is 24.4. The number of hydrogen-bond donors (Lipinski definition) is 1. The third kappa shape index (κ3) is 18.0. The number of amides is 6. The fraction of sp³-hybridized carbons (Fsp3) is 0.452. The molecule has 13 rings (SSSR count). The predicted molar refractivity (Wildman–Crippen MR) is 429 cm³/mol. The minimum absolute atomic E-state index is 0.0279. The van der Waals surface area contributed by atoms with E-state index in [1.165, 1.54) is 35.0 Å². The topological polar surface area (TPSA) is 260 Å². The highest BCUT2D eigenvalue weighted by molar-refractivity contribution is 7.89. The number of fused-ring (bicyclic) bond motifs is 3. The number of carbonyl (C=O) groups excluding carboxylic acids is 6. The molecule has 112 heavy (non-hydrogen) atoms. The van der Waals surface area contributed by atoms with Crippen molar-refractivity contribution in [3.05, 3.63) is 177 Å². The maximum Gasteiger partial charge on any atom is 0.306 e. The molecule has 600 valence electrons. The minimum atomic E-state index is -3.88. The molecule has 7 aromatic rings. The lowest BCUT2D eigenvalue weighted by Gasteiger charge is -2.36. The van der Waals surface area contributed by atoms with Crippen LogP contribution in [0.1, 0.15) is 163 Å². The van der Waals surface area contributed by atoms with Crippen LogP contribution in [0.25, 0.3) is 0 Å². The summed E-state index contributed by atoms with van der Waals surface area (Å²) < 4.78 is 68.6. The molecule has 0 radical (unpaired) electrons. The highest BCUT2D eigenvalue weighted by Crippen LogP contribution is 2.45. The molecule has 3 fully saturated rings. The molecule has 0 bridgehead atoms. The zero-order valence-electron chi connectivity index (χ0n) is 65.9.